The summed E-state index contributed by atoms with van der Waals surface area (Å²) < 4.78 is 237. The molecule has 0 fully saturated rings. The molecule has 4 unspecified atom stereocenters. The summed E-state index contributed by atoms with van der Waals surface area (Å²) in [6, 6.07) is 0. The number of hydrogen-bond acceptors (Lipinski definition) is 17. The molecule has 0 heterocycles. The van der Waals surface area contributed by atoms with Crippen LogP contribution in [0.1, 0.15) is 92.9 Å². The highest BCUT2D eigenvalue weighted by Gasteiger charge is 2.76. The van der Waals surface area contributed by atoms with E-state index in [0.717, 1.165) is 18.9 Å². The maximum atomic E-state index is 14.1. The van der Waals surface area contributed by atoms with Gasteiger partial charge in [-0.05, 0) is 38.5 Å². The zero-order valence-corrected chi connectivity index (χ0v) is 45.6. The van der Waals surface area contributed by atoms with Gasteiger partial charge < -0.3 is 48.5 Å². The molecule has 17 nitrogen and oxygen atoms in total. The smallest absolute Gasteiger partial charge is 0.381 e. The zero-order valence-electron chi connectivity index (χ0n) is 45.6. The van der Waals surface area contributed by atoms with Crippen LogP contribution in [0.4, 0.5) is 70.2 Å². The number of esters is 7. The number of carbonyl (C=O) groups excluding carboxylic acids is 7. The second-order valence-electron chi connectivity index (χ2n) is 16.1. The van der Waals surface area contributed by atoms with Gasteiger partial charge in [0.2, 0.25) is 0 Å². The highest BCUT2D eigenvalue weighted by atomic mass is 19.4. The van der Waals surface area contributed by atoms with Crippen LogP contribution in [0.3, 0.4) is 0 Å². The number of halogens is 16. The number of aliphatic hydroxyl groups is 3. The SMILES string of the molecule is C=CC(=O)OCC(F)(F)C(F)(F)C(F)(F)C(F)F.C=CC(=O)OCCCC.C=CC(=O)OCCO.CC.CCCCOC(=O)C(CC(C)C(=O)OCCO)CC(CC(CC)C(=O)OCCO)C(=O)OCC(F)(F)C(F)(F)C(F)(F)C(F)F. The van der Waals surface area contributed by atoms with Gasteiger partial charge in [-0.2, -0.15) is 52.7 Å². The predicted octanol–water partition coefficient (Wildman–Crippen LogP) is 9.32. The molecule has 0 aliphatic rings. The zero-order chi connectivity index (χ0) is 65.3. The first-order chi connectivity index (χ1) is 37.9. The van der Waals surface area contributed by atoms with Gasteiger partial charge in [-0.3, -0.25) is 19.2 Å². The molecule has 0 radical (unpaired) electrons. The van der Waals surface area contributed by atoms with Crippen molar-refractivity contribution in [1.29, 1.82) is 0 Å². The highest BCUT2D eigenvalue weighted by molar-refractivity contribution is 5.82. The summed E-state index contributed by atoms with van der Waals surface area (Å²) in [7, 11) is 0. The Morgan fingerprint density at radius 3 is 1.10 bits per heavy atom. The van der Waals surface area contributed by atoms with Crippen LogP contribution in [-0.4, -0.2) is 172 Å². The number of alkyl halides is 16. The van der Waals surface area contributed by atoms with Crippen LogP contribution in [0.25, 0.3) is 0 Å². The highest BCUT2D eigenvalue weighted by Crippen LogP contribution is 2.50. The molecule has 0 amide bonds. The van der Waals surface area contributed by atoms with E-state index in [1.807, 2.05) is 20.8 Å². The molecule has 33 heteroatoms. The van der Waals surface area contributed by atoms with Crippen molar-refractivity contribution >= 4 is 41.8 Å². The van der Waals surface area contributed by atoms with Crippen molar-refractivity contribution in [3.05, 3.63) is 38.0 Å². The minimum Gasteiger partial charge on any atom is -0.465 e. The number of carbonyl (C=O) groups is 7. The fourth-order valence-corrected chi connectivity index (χ4v) is 5.23. The van der Waals surface area contributed by atoms with Crippen molar-refractivity contribution in [2.75, 3.05) is 66.1 Å². The molecule has 0 saturated carbocycles. The van der Waals surface area contributed by atoms with Crippen molar-refractivity contribution in [2.45, 2.75) is 141 Å². The fourth-order valence-electron chi connectivity index (χ4n) is 5.23. The van der Waals surface area contributed by atoms with Gasteiger partial charge in [0, 0.05) is 18.2 Å². The van der Waals surface area contributed by atoms with Crippen molar-refractivity contribution in [2.24, 2.45) is 23.7 Å². The first kappa shape index (κ1) is 85.1. The molecule has 0 spiro atoms. The van der Waals surface area contributed by atoms with Crippen LogP contribution in [0.2, 0.25) is 0 Å². The second kappa shape index (κ2) is 43.9. The minimum atomic E-state index is -6.65. The quantitative estimate of drug-likeness (QED) is 0.0174. The Morgan fingerprint density at radius 1 is 0.439 bits per heavy atom. The Hall–Kier alpha value is -5.73. The summed E-state index contributed by atoms with van der Waals surface area (Å²) in [6.07, 6.45) is -6.48. The minimum absolute atomic E-state index is 0.0465. The normalized spacial score (nSPS) is 13.1. The van der Waals surface area contributed by atoms with E-state index in [9.17, 15) is 104 Å². The fraction of sp³-hybridized carbons (Fsp3) is 0.735. The van der Waals surface area contributed by atoms with Gasteiger partial charge >= 0.3 is 90.2 Å². The molecule has 4 atom stereocenters. The van der Waals surface area contributed by atoms with Crippen LogP contribution >= 0.6 is 0 Å². The van der Waals surface area contributed by atoms with Gasteiger partial charge in [-0.25, -0.2) is 31.9 Å². The lowest BCUT2D eigenvalue weighted by Crippen LogP contribution is -2.59. The summed E-state index contributed by atoms with van der Waals surface area (Å²) >= 11 is 0. The van der Waals surface area contributed by atoms with Gasteiger partial charge in [-0.1, -0.05) is 74.1 Å². The molecule has 0 rings (SSSR count). The van der Waals surface area contributed by atoms with E-state index < -0.39 is 154 Å². The molecule has 0 aromatic heterocycles. The van der Waals surface area contributed by atoms with E-state index in [1.165, 1.54) is 19.9 Å². The number of ether oxygens (including phenoxy) is 7. The van der Waals surface area contributed by atoms with Crippen LogP contribution < -0.4 is 0 Å². The lowest BCUT2D eigenvalue weighted by atomic mass is 9.82. The Bertz CT molecular complexity index is 1880. The lowest BCUT2D eigenvalue weighted by molar-refractivity contribution is -0.344. The molecule has 0 aromatic rings. The van der Waals surface area contributed by atoms with Crippen molar-refractivity contribution in [3.63, 3.8) is 0 Å². The summed E-state index contributed by atoms with van der Waals surface area (Å²) in [6.45, 7) is 12.8. The van der Waals surface area contributed by atoms with E-state index in [2.05, 4.69) is 38.7 Å². The summed E-state index contributed by atoms with van der Waals surface area (Å²) in [4.78, 5) is 81.4. The number of aliphatic hydroxyl groups excluding tert-OH is 3. The number of unbranched alkanes of at least 4 members (excludes halogenated alkanes) is 2. The maximum Gasteiger partial charge on any atom is 0.381 e. The van der Waals surface area contributed by atoms with Crippen LogP contribution in [0, 0.1) is 23.7 Å². The predicted molar refractivity (Wildman–Crippen MR) is 255 cm³/mol. The van der Waals surface area contributed by atoms with E-state index in [1.54, 1.807) is 6.92 Å². The number of hydrogen-bond donors (Lipinski definition) is 3. The van der Waals surface area contributed by atoms with Crippen LogP contribution in [-0.2, 0) is 66.7 Å². The molecule has 482 valence electrons. The maximum absolute atomic E-state index is 14.1. The summed E-state index contributed by atoms with van der Waals surface area (Å²) in [5.74, 6) is -50.0. The third-order valence-corrected chi connectivity index (χ3v) is 9.76. The van der Waals surface area contributed by atoms with Crippen molar-refractivity contribution in [3.8, 4) is 0 Å². The molecular weight excluding hydrogens is 1160 g/mol. The van der Waals surface area contributed by atoms with Gasteiger partial charge in [0.1, 0.15) is 19.8 Å². The summed E-state index contributed by atoms with van der Waals surface area (Å²) in [5, 5.41) is 25.9. The third kappa shape index (κ3) is 31.6. The van der Waals surface area contributed by atoms with Gasteiger partial charge in [0.15, 0.2) is 13.2 Å². The largest absolute Gasteiger partial charge is 0.465 e. The average Bonchev–Trinajstić information content (AvgIpc) is 3.44. The topological polar surface area (TPSA) is 245 Å². The molecule has 0 bridgehead atoms. The van der Waals surface area contributed by atoms with E-state index in [4.69, 9.17) is 29.5 Å². The molecule has 3 N–H and O–H groups in total. The number of rotatable bonds is 36. The van der Waals surface area contributed by atoms with E-state index in [0.29, 0.717) is 25.5 Å². The second-order valence-corrected chi connectivity index (χ2v) is 16.1. The first-order valence-electron chi connectivity index (χ1n) is 24.6. The van der Waals surface area contributed by atoms with Crippen molar-refractivity contribution < 1.29 is 152 Å². The van der Waals surface area contributed by atoms with Crippen LogP contribution in [0.15, 0.2) is 38.0 Å². The Labute approximate surface area is 462 Å². The van der Waals surface area contributed by atoms with Gasteiger partial charge in [0.25, 0.3) is 0 Å². The third-order valence-electron chi connectivity index (χ3n) is 9.76. The monoisotopic (exact) mass is 1240 g/mol. The average molecular weight is 1240 g/mol. The molecule has 0 saturated heterocycles. The Balaban J connectivity index is -0.000000429. The Morgan fingerprint density at radius 2 is 0.732 bits per heavy atom. The standard InChI is InChI=1S/C27H40F8O10.C8H6F8O2.C7H12O2.C5H8O3.C2H6/c1-4-6-9-42-22(40)18(12-16(3)20(38)43-10-7-36)14-19(13-17(5-2)21(39)44-11-8-37)23(41)45-15-25(30,31)27(34,35)26(32,33)24(28)29;1-2-4(17)18-3-6(11,12)8(15,16)7(13,14)5(9)10;1-3-5-6-9-7(8)4-2;1-2-5(7)8-4-3-6;1-2/h16-19,24,36-37H,4-15H2,1-3H3;2,5H,1,3H2;4H,2-3,5-6H2,1H3;2,6H,1,3-4H2;1-2H3. The van der Waals surface area contributed by atoms with Gasteiger partial charge in [0.05, 0.1) is 56.7 Å². The van der Waals surface area contributed by atoms with Crippen molar-refractivity contribution in [1.82, 2.24) is 0 Å². The summed E-state index contributed by atoms with van der Waals surface area (Å²) in [5.41, 5.74) is 0. The molecule has 0 aliphatic carbocycles. The molecule has 82 heavy (non-hydrogen) atoms. The van der Waals surface area contributed by atoms with Crippen LogP contribution in [0.5, 0.6) is 0 Å². The molecular formula is C49H72F16O17. The first-order valence-corrected chi connectivity index (χ1v) is 24.6. The lowest BCUT2D eigenvalue weighted by Gasteiger charge is -2.32. The van der Waals surface area contributed by atoms with Gasteiger partial charge in [-0.15, -0.1) is 0 Å². The Kier molecular flexibility index (Phi) is 45.5. The molecule has 0 aromatic carbocycles. The van der Waals surface area contributed by atoms with E-state index >= 15 is 0 Å². The van der Waals surface area contributed by atoms with E-state index in [-0.39, 0.29) is 45.2 Å². The molecule has 0 aliphatic heterocycles.